The van der Waals surface area contributed by atoms with Gasteiger partial charge in [0.15, 0.2) is 0 Å². The van der Waals surface area contributed by atoms with Gasteiger partial charge in [-0.2, -0.15) is 0 Å². The molecule has 0 aromatic heterocycles. The second-order valence-electron chi connectivity index (χ2n) is 5.44. The number of piperidine rings is 1. The predicted molar refractivity (Wildman–Crippen MR) is 90.7 cm³/mol. The highest BCUT2D eigenvalue weighted by Gasteiger charge is 2.14. The van der Waals surface area contributed by atoms with Gasteiger partial charge in [0.1, 0.15) is 0 Å². The molecule has 1 amide bonds. The lowest BCUT2D eigenvalue weighted by Gasteiger charge is -2.23. The van der Waals surface area contributed by atoms with Crippen LogP contribution in [0.3, 0.4) is 0 Å². The van der Waals surface area contributed by atoms with Crippen molar-refractivity contribution in [3.63, 3.8) is 0 Å². The van der Waals surface area contributed by atoms with Crippen LogP contribution in [-0.2, 0) is 11.2 Å². The van der Waals surface area contributed by atoms with Crippen LogP contribution in [0.1, 0.15) is 37.7 Å². The van der Waals surface area contributed by atoms with E-state index in [-0.39, 0.29) is 5.91 Å². The van der Waals surface area contributed by atoms with Gasteiger partial charge in [-0.1, -0.05) is 12.1 Å². The summed E-state index contributed by atoms with van der Waals surface area (Å²) in [4.78, 5) is 11.8. The van der Waals surface area contributed by atoms with Crippen molar-refractivity contribution in [2.75, 3.05) is 13.1 Å². The number of rotatable bonds is 6. The van der Waals surface area contributed by atoms with Crippen molar-refractivity contribution in [3.05, 3.63) is 33.4 Å². The first-order valence-corrected chi connectivity index (χ1v) is 8.56. The Balaban J connectivity index is 1.58. The quantitative estimate of drug-likeness (QED) is 0.583. The Morgan fingerprint density at radius 2 is 2.10 bits per heavy atom. The van der Waals surface area contributed by atoms with E-state index in [0.29, 0.717) is 12.5 Å². The molecule has 1 saturated heterocycles. The lowest BCUT2D eigenvalue weighted by molar-refractivity contribution is -0.122. The van der Waals surface area contributed by atoms with Crippen LogP contribution in [0.4, 0.5) is 0 Å². The molecule has 1 unspecified atom stereocenters. The average molecular weight is 386 g/mol. The van der Waals surface area contributed by atoms with Gasteiger partial charge in [-0.3, -0.25) is 4.79 Å². The van der Waals surface area contributed by atoms with Crippen molar-refractivity contribution in [2.45, 2.75) is 44.6 Å². The van der Waals surface area contributed by atoms with Gasteiger partial charge in [0.2, 0.25) is 5.91 Å². The molecule has 0 aliphatic carbocycles. The third-order valence-electron chi connectivity index (χ3n) is 3.69. The van der Waals surface area contributed by atoms with Gasteiger partial charge in [-0.15, -0.1) is 0 Å². The molecule has 1 aromatic rings. The maximum Gasteiger partial charge on any atom is 0.220 e. The smallest absolute Gasteiger partial charge is 0.220 e. The van der Waals surface area contributed by atoms with Crippen molar-refractivity contribution in [1.29, 1.82) is 0 Å². The molecule has 3 nitrogen and oxygen atoms in total. The molecule has 20 heavy (non-hydrogen) atoms. The number of hydrogen-bond donors (Lipinski definition) is 2. The number of hydrogen-bond acceptors (Lipinski definition) is 2. The highest BCUT2D eigenvalue weighted by Crippen LogP contribution is 2.10. The van der Waals surface area contributed by atoms with Crippen LogP contribution in [-0.4, -0.2) is 25.0 Å². The van der Waals surface area contributed by atoms with E-state index in [4.69, 9.17) is 0 Å². The summed E-state index contributed by atoms with van der Waals surface area (Å²) in [6.45, 7) is 2.01. The second-order valence-corrected chi connectivity index (χ2v) is 6.69. The zero-order chi connectivity index (χ0) is 14.2. The van der Waals surface area contributed by atoms with E-state index >= 15 is 0 Å². The van der Waals surface area contributed by atoms with Crippen LogP contribution in [0.15, 0.2) is 24.3 Å². The largest absolute Gasteiger partial charge is 0.352 e. The highest BCUT2D eigenvalue weighted by molar-refractivity contribution is 14.1. The van der Waals surface area contributed by atoms with Gasteiger partial charge in [0, 0.05) is 22.6 Å². The zero-order valence-corrected chi connectivity index (χ0v) is 14.0. The molecule has 1 aromatic carbocycles. The van der Waals surface area contributed by atoms with Crippen molar-refractivity contribution < 1.29 is 4.79 Å². The molecule has 0 spiro atoms. The van der Waals surface area contributed by atoms with Gasteiger partial charge in [0.05, 0.1) is 0 Å². The number of unbranched alkanes of at least 4 members (excludes halogenated alkanes) is 1. The molecular weight excluding hydrogens is 363 g/mol. The van der Waals surface area contributed by atoms with Gasteiger partial charge in [-0.05, 0) is 78.9 Å². The predicted octanol–water partition coefficient (Wildman–Crippen LogP) is 2.87. The van der Waals surface area contributed by atoms with Crippen LogP contribution in [0.5, 0.6) is 0 Å². The fourth-order valence-electron chi connectivity index (χ4n) is 2.54. The molecule has 1 aliphatic heterocycles. The third-order valence-corrected chi connectivity index (χ3v) is 4.41. The molecular formula is C16H23IN2O. The van der Waals surface area contributed by atoms with E-state index in [1.807, 2.05) is 0 Å². The van der Waals surface area contributed by atoms with E-state index in [1.165, 1.54) is 9.13 Å². The van der Waals surface area contributed by atoms with Gasteiger partial charge < -0.3 is 10.6 Å². The number of nitrogens with one attached hydrogen (secondary N) is 2. The fraction of sp³-hybridized carbons (Fsp3) is 0.562. The molecule has 0 bridgehead atoms. The summed E-state index contributed by atoms with van der Waals surface area (Å²) in [7, 11) is 0. The first-order chi connectivity index (χ1) is 9.74. The molecule has 1 fully saturated rings. The number of halogens is 1. The third kappa shape index (κ3) is 5.79. The monoisotopic (exact) mass is 386 g/mol. The van der Waals surface area contributed by atoms with E-state index in [1.54, 1.807) is 0 Å². The Kier molecular flexibility index (Phi) is 6.79. The molecule has 1 aliphatic rings. The summed E-state index contributed by atoms with van der Waals surface area (Å²) in [5.41, 5.74) is 1.36. The van der Waals surface area contributed by atoms with Crippen LogP contribution in [0.2, 0.25) is 0 Å². The molecule has 1 heterocycles. The fourth-order valence-corrected chi connectivity index (χ4v) is 2.90. The molecule has 4 heteroatoms. The van der Waals surface area contributed by atoms with Gasteiger partial charge in [-0.25, -0.2) is 0 Å². The summed E-state index contributed by atoms with van der Waals surface area (Å²) in [5.74, 6) is 0.210. The maximum atomic E-state index is 11.8. The minimum absolute atomic E-state index is 0.210. The number of aryl methyl sites for hydroxylation is 1. The number of carbonyl (C=O) groups is 1. The Hall–Kier alpha value is -0.620. The molecule has 2 rings (SSSR count). The molecule has 0 radical (unpaired) electrons. The van der Waals surface area contributed by atoms with Crippen molar-refractivity contribution in [1.82, 2.24) is 10.6 Å². The van der Waals surface area contributed by atoms with Gasteiger partial charge in [0.25, 0.3) is 0 Å². The van der Waals surface area contributed by atoms with E-state index < -0.39 is 0 Å². The highest BCUT2D eigenvalue weighted by atomic mass is 127. The first-order valence-electron chi connectivity index (χ1n) is 7.48. The van der Waals surface area contributed by atoms with E-state index in [0.717, 1.165) is 45.2 Å². The molecule has 110 valence electrons. The summed E-state index contributed by atoms with van der Waals surface area (Å²) in [5, 5.41) is 6.44. The Labute approximate surface area is 135 Å². The maximum absolute atomic E-state index is 11.8. The zero-order valence-electron chi connectivity index (χ0n) is 11.8. The Morgan fingerprint density at radius 1 is 1.30 bits per heavy atom. The van der Waals surface area contributed by atoms with Crippen molar-refractivity contribution in [3.8, 4) is 0 Å². The van der Waals surface area contributed by atoms with Crippen LogP contribution in [0.25, 0.3) is 0 Å². The summed E-state index contributed by atoms with van der Waals surface area (Å²) >= 11 is 2.32. The molecule has 1 atom stereocenters. The van der Waals surface area contributed by atoms with Crippen molar-refractivity contribution in [2.24, 2.45) is 0 Å². The first kappa shape index (κ1) is 15.8. The minimum Gasteiger partial charge on any atom is -0.352 e. The van der Waals surface area contributed by atoms with E-state index in [9.17, 15) is 4.79 Å². The average Bonchev–Trinajstić information content (AvgIpc) is 2.46. The molecule has 2 N–H and O–H groups in total. The van der Waals surface area contributed by atoms with Crippen LogP contribution in [0, 0.1) is 3.57 Å². The Morgan fingerprint density at radius 3 is 2.80 bits per heavy atom. The number of amides is 1. The number of benzene rings is 1. The SMILES string of the molecule is O=C(CCCCc1ccc(I)cc1)NC1CCCNC1. The van der Waals surface area contributed by atoms with Gasteiger partial charge >= 0.3 is 0 Å². The molecule has 0 saturated carbocycles. The standard InChI is InChI=1S/C16H23IN2O/c17-14-9-7-13(8-10-14)4-1-2-6-16(20)19-15-5-3-11-18-12-15/h7-10,15,18H,1-6,11-12H2,(H,19,20). The van der Waals surface area contributed by atoms with Crippen LogP contribution >= 0.6 is 22.6 Å². The number of carbonyl (C=O) groups excluding carboxylic acids is 1. The summed E-state index contributed by atoms with van der Waals surface area (Å²) < 4.78 is 1.27. The summed E-state index contributed by atoms with van der Waals surface area (Å²) in [6.07, 6.45) is 6.05. The lowest BCUT2D eigenvalue weighted by Crippen LogP contribution is -2.45. The lowest BCUT2D eigenvalue weighted by atomic mass is 10.1. The van der Waals surface area contributed by atoms with E-state index in [2.05, 4.69) is 57.5 Å². The van der Waals surface area contributed by atoms with Crippen molar-refractivity contribution >= 4 is 28.5 Å². The Bertz CT molecular complexity index is 413. The normalized spacial score (nSPS) is 18.8. The topological polar surface area (TPSA) is 41.1 Å². The van der Waals surface area contributed by atoms with Crippen LogP contribution < -0.4 is 10.6 Å². The second kappa shape index (κ2) is 8.62. The minimum atomic E-state index is 0.210. The summed E-state index contributed by atoms with van der Waals surface area (Å²) in [6, 6.07) is 8.97.